The zero-order valence-corrected chi connectivity index (χ0v) is 7.19. The molecule has 1 heterocycles. The smallest absolute Gasteiger partial charge is 0.164 e. The van der Waals surface area contributed by atoms with E-state index < -0.39 is 0 Å². The highest BCUT2D eigenvalue weighted by atomic mass is 32.2. The second-order valence-corrected chi connectivity index (χ2v) is 3.23. The van der Waals surface area contributed by atoms with E-state index in [0.29, 0.717) is 0 Å². The molecule has 1 nitrogen and oxygen atoms in total. The maximum atomic E-state index is 3.22. The van der Waals surface area contributed by atoms with Gasteiger partial charge in [0.15, 0.2) is 5.88 Å². The molecule has 1 aromatic rings. The molecule has 11 heavy (non-hydrogen) atoms. The van der Waals surface area contributed by atoms with Gasteiger partial charge in [-0.05, 0) is 19.1 Å². The Hall–Kier alpha value is -0.630. The summed E-state index contributed by atoms with van der Waals surface area (Å²) in [7, 11) is 0. The largest absolute Gasteiger partial charge is 0.350 e. The van der Waals surface area contributed by atoms with Crippen LogP contribution in [-0.2, 0) is 0 Å². The molecule has 2 heteroatoms. The lowest BCUT2D eigenvalue weighted by atomic mass is 10.3. The Kier molecular flexibility index (Phi) is 1.78. The van der Waals surface area contributed by atoms with Crippen LogP contribution in [0.2, 0.25) is 0 Å². The Bertz CT molecular complexity index is 259. The number of hydrogen-bond donors (Lipinski definition) is 0. The van der Waals surface area contributed by atoms with Crippen molar-refractivity contribution in [2.24, 2.45) is 0 Å². The summed E-state index contributed by atoms with van der Waals surface area (Å²) < 4.78 is 0. The van der Waals surface area contributed by atoms with Crippen LogP contribution in [0.5, 0.6) is 0 Å². The van der Waals surface area contributed by atoms with E-state index in [1.54, 1.807) is 11.8 Å². The first-order valence-corrected chi connectivity index (χ1v) is 4.52. The van der Waals surface area contributed by atoms with Crippen LogP contribution >= 0.6 is 11.8 Å². The summed E-state index contributed by atoms with van der Waals surface area (Å²) in [5, 5.41) is 0. The Balaban J connectivity index is 2.39. The molecule has 2 radical (unpaired) electrons. The van der Waals surface area contributed by atoms with Gasteiger partial charge in [0.25, 0.3) is 0 Å². The van der Waals surface area contributed by atoms with Gasteiger partial charge in [-0.15, -0.1) is 0 Å². The van der Waals surface area contributed by atoms with Crippen molar-refractivity contribution in [3.05, 3.63) is 30.1 Å². The summed E-state index contributed by atoms with van der Waals surface area (Å²) in [6, 6.07) is 8.39. The molecule has 0 atom stereocenters. The molecule has 0 amide bonds. The number of thioether (sulfide) groups is 1. The van der Waals surface area contributed by atoms with Gasteiger partial charge < -0.3 is 4.90 Å². The van der Waals surface area contributed by atoms with Gasteiger partial charge in [-0.25, -0.2) is 0 Å². The molecule has 0 aliphatic carbocycles. The van der Waals surface area contributed by atoms with Crippen molar-refractivity contribution in [1.82, 2.24) is 0 Å². The number of rotatable bonds is 1. The second kappa shape index (κ2) is 2.78. The van der Waals surface area contributed by atoms with E-state index in [1.165, 1.54) is 10.6 Å². The molecule has 2 rings (SSSR count). The van der Waals surface area contributed by atoms with Gasteiger partial charge in [-0.3, -0.25) is 0 Å². The predicted octanol–water partition coefficient (Wildman–Crippen LogP) is 2.61. The van der Waals surface area contributed by atoms with E-state index in [9.17, 15) is 0 Å². The highest BCUT2D eigenvalue weighted by molar-refractivity contribution is 8.01. The summed E-state index contributed by atoms with van der Waals surface area (Å²) in [6.07, 6.45) is 0. The van der Waals surface area contributed by atoms with Crippen molar-refractivity contribution in [3.63, 3.8) is 0 Å². The average molecular weight is 163 g/mol. The monoisotopic (exact) mass is 163 g/mol. The molecule has 0 saturated carbocycles. The van der Waals surface area contributed by atoms with Crippen molar-refractivity contribution in [2.75, 3.05) is 11.4 Å². The molecule has 56 valence electrons. The zero-order valence-electron chi connectivity index (χ0n) is 6.37. The number of hydrogen-bond acceptors (Lipinski definition) is 2. The molecule has 0 unspecified atom stereocenters. The molecule has 1 aromatic carbocycles. The zero-order chi connectivity index (χ0) is 7.68. The molecular formula is C9H9NS. The summed E-state index contributed by atoms with van der Waals surface area (Å²) in [5.74, 6) is 3.22. The van der Waals surface area contributed by atoms with Crippen molar-refractivity contribution < 1.29 is 0 Å². The molecule has 1 aliphatic heterocycles. The third kappa shape index (κ3) is 1.11. The van der Waals surface area contributed by atoms with Crippen LogP contribution in [0, 0.1) is 5.88 Å². The first-order valence-electron chi connectivity index (χ1n) is 3.71. The summed E-state index contributed by atoms with van der Waals surface area (Å²) >= 11 is 1.68. The quantitative estimate of drug-likeness (QED) is 0.626. The lowest BCUT2D eigenvalue weighted by Gasteiger charge is -2.12. The molecule has 0 fully saturated rings. The fourth-order valence-corrected chi connectivity index (χ4v) is 2.02. The predicted molar refractivity (Wildman–Crippen MR) is 48.6 cm³/mol. The fraction of sp³-hybridized carbons (Fsp3) is 0.222. The normalized spacial score (nSPS) is 15.2. The van der Waals surface area contributed by atoms with Crippen molar-refractivity contribution in [3.8, 4) is 0 Å². The Morgan fingerprint density at radius 1 is 1.45 bits per heavy atom. The third-order valence-corrected chi connectivity index (χ3v) is 2.61. The summed E-state index contributed by atoms with van der Waals surface area (Å²) in [6.45, 7) is 3.14. The lowest BCUT2D eigenvalue weighted by Crippen LogP contribution is -2.13. The summed E-state index contributed by atoms with van der Waals surface area (Å²) in [4.78, 5) is 3.45. The first-order chi connectivity index (χ1) is 5.42. The van der Waals surface area contributed by atoms with Crippen LogP contribution in [0.3, 0.4) is 0 Å². The van der Waals surface area contributed by atoms with Crippen LogP contribution in [0.25, 0.3) is 0 Å². The highest BCUT2D eigenvalue weighted by Crippen LogP contribution is 2.40. The van der Waals surface area contributed by atoms with Crippen LogP contribution < -0.4 is 4.90 Å². The Morgan fingerprint density at radius 2 is 2.27 bits per heavy atom. The third-order valence-electron chi connectivity index (χ3n) is 1.74. The van der Waals surface area contributed by atoms with Gasteiger partial charge in [0, 0.05) is 11.4 Å². The number of anilines is 1. The van der Waals surface area contributed by atoms with Gasteiger partial charge >= 0.3 is 0 Å². The van der Waals surface area contributed by atoms with Gasteiger partial charge in [-0.2, -0.15) is 0 Å². The van der Waals surface area contributed by atoms with Gasteiger partial charge in [-0.1, -0.05) is 23.9 Å². The van der Waals surface area contributed by atoms with Gasteiger partial charge in [0.1, 0.15) is 0 Å². The molecule has 0 aromatic heterocycles. The van der Waals surface area contributed by atoms with Crippen LogP contribution in [0.4, 0.5) is 5.69 Å². The maximum Gasteiger partial charge on any atom is 0.164 e. The fourth-order valence-electron chi connectivity index (χ4n) is 1.15. The van der Waals surface area contributed by atoms with Crippen LogP contribution in [0.1, 0.15) is 6.92 Å². The van der Waals surface area contributed by atoms with Crippen molar-refractivity contribution >= 4 is 17.4 Å². The molecular weight excluding hydrogens is 154 g/mol. The molecule has 0 spiro atoms. The van der Waals surface area contributed by atoms with Crippen molar-refractivity contribution in [1.29, 1.82) is 0 Å². The Morgan fingerprint density at radius 3 is 3.09 bits per heavy atom. The minimum absolute atomic E-state index is 1.00. The topological polar surface area (TPSA) is 3.24 Å². The van der Waals surface area contributed by atoms with Gasteiger partial charge in [0.05, 0.1) is 5.69 Å². The molecule has 0 bridgehead atoms. The van der Waals surface area contributed by atoms with E-state index in [0.717, 1.165) is 6.54 Å². The van der Waals surface area contributed by atoms with E-state index in [2.05, 4.69) is 42.0 Å². The second-order valence-electron chi connectivity index (χ2n) is 2.41. The standard InChI is InChI=1S/C9H9NS/c1-2-10-7-11-9-6-4-3-5-8(9)10/h3-6H,2H2,1H3. The van der Waals surface area contributed by atoms with E-state index >= 15 is 0 Å². The molecule has 0 saturated heterocycles. The minimum atomic E-state index is 1.00. The first kappa shape index (κ1) is 7.04. The van der Waals surface area contributed by atoms with Gasteiger partial charge in [0.2, 0.25) is 0 Å². The molecule has 1 aliphatic rings. The number of nitrogens with zero attached hydrogens (tertiary/aromatic N) is 1. The van der Waals surface area contributed by atoms with Crippen molar-refractivity contribution in [2.45, 2.75) is 11.8 Å². The van der Waals surface area contributed by atoms with Crippen LogP contribution in [-0.4, -0.2) is 6.54 Å². The SMILES string of the molecule is CCN1[C]Sc2ccccc21. The van der Waals surface area contributed by atoms with E-state index in [4.69, 9.17) is 0 Å². The summed E-state index contributed by atoms with van der Waals surface area (Å²) in [5.41, 5.74) is 1.29. The average Bonchev–Trinajstić information content (AvgIpc) is 2.47. The number of fused-ring (bicyclic) bond motifs is 1. The van der Waals surface area contributed by atoms with Crippen LogP contribution in [0.15, 0.2) is 29.2 Å². The maximum absolute atomic E-state index is 3.22. The highest BCUT2D eigenvalue weighted by Gasteiger charge is 2.17. The van der Waals surface area contributed by atoms with E-state index in [1.807, 2.05) is 0 Å². The number of para-hydroxylation sites is 1. The lowest BCUT2D eigenvalue weighted by molar-refractivity contribution is 1.00. The van der Waals surface area contributed by atoms with E-state index in [-0.39, 0.29) is 0 Å². The Labute approximate surface area is 71.4 Å². The number of benzene rings is 1. The minimum Gasteiger partial charge on any atom is -0.350 e. The molecule has 0 N–H and O–H groups in total.